The summed E-state index contributed by atoms with van der Waals surface area (Å²) < 4.78 is 5.27. The highest BCUT2D eigenvalue weighted by Crippen LogP contribution is 2.30. The Morgan fingerprint density at radius 3 is 2.89 bits per heavy atom. The molecule has 2 N–H and O–H groups in total. The van der Waals surface area contributed by atoms with E-state index in [-0.39, 0.29) is 6.04 Å². The quantitative estimate of drug-likeness (QED) is 0.847. The summed E-state index contributed by atoms with van der Waals surface area (Å²) in [5.41, 5.74) is 9.29. The second-order valence-corrected chi connectivity index (χ2v) is 5.65. The number of ether oxygens (including phenoxy) is 1. The number of methoxy groups -OCH3 is 1. The average Bonchev–Trinajstić information content (AvgIpc) is 2.58. The van der Waals surface area contributed by atoms with Crippen molar-refractivity contribution in [2.45, 2.75) is 44.3 Å². The van der Waals surface area contributed by atoms with Crippen LogP contribution in [0.25, 0.3) is 0 Å². The van der Waals surface area contributed by atoms with Gasteiger partial charge in [0.1, 0.15) is 0 Å². The number of nitrogens with two attached hydrogens (primary N) is 1. The van der Waals surface area contributed by atoms with Crippen molar-refractivity contribution in [1.29, 1.82) is 0 Å². The Labute approximate surface area is 116 Å². The molecule has 0 saturated carbocycles. The van der Waals surface area contributed by atoms with Crippen molar-refractivity contribution in [3.05, 3.63) is 35.4 Å². The van der Waals surface area contributed by atoms with Gasteiger partial charge in [0.25, 0.3) is 0 Å². The summed E-state index contributed by atoms with van der Waals surface area (Å²) in [5, 5.41) is 0. The molecule has 3 unspecified atom stereocenters. The predicted octanol–water partition coefficient (Wildman–Crippen LogP) is 2.36. The Morgan fingerprint density at radius 1 is 1.42 bits per heavy atom. The molecule has 19 heavy (non-hydrogen) atoms. The first-order valence-corrected chi connectivity index (χ1v) is 7.19. The summed E-state index contributed by atoms with van der Waals surface area (Å²) in [6, 6.07) is 9.51. The molecule has 1 aliphatic carbocycles. The molecule has 0 fully saturated rings. The summed E-state index contributed by atoms with van der Waals surface area (Å²) >= 11 is 0. The van der Waals surface area contributed by atoms with Crippen molar-refractivity contribution in [1.82, 2.24) is 4.90 Å². The Kier molecular flexibility index (Phi) is 4.97. The maximum atomic E-state index is 6.54. The Hall–Kier alpha value is -0.900. The van der Waals surface area contributed by atoms with Gasteiger partial charge in [0.2, 0.25) is 0 Å². The SMILES string of the molecule is COCC(C)N(C)C1CCCc2ccccc2C1N. The molecule has 3 nitrogen and oxygen atoms in total. The lowest BCUT2D eigenvalue weighted by molar-refractivity contribution is 0.0771. The maximum Gasteiger partial charge on any atom is 0.0615 e. The van der Waals surface area contributed by atoms with Gasteiger partial charge in [-0.15, -0.1) is 0 Å². The number of likely N-dealkylation sites (N-methyl/N-ethyl adjacent to an activating group) is 1. The third kappa shape index (κ3) is 3.16. The molecule has 1 aliphatic rings. The van der Waals surface area contributed by atoms with Crippen molar-refractivity contribution < 1.29 is 4.74 Å². The third-order valence-electron chi connectivity index (χ3n) is 4.40. The third-order valence-corrected chi connectivity index (χ3v) is 4.40. The monoisotopic (exact) mass is 262 g/mol. The second kappa shape index (κ2) is 6.51. The lowest BCUT2D eigenvalue weighted by Crippen LogP contribution is -2.46. The molecule has 2 rings (SSSR count). The number of benzene rings is 1. The van der Waals surface area contributed by atoms with Crippen LogP contribution in [-0.2, 0) is 11.2 Å². The van der Waals surface area contributed by atoms with E-state index in [9.17, 15) is 0 Å². The van der Waals surface area contributed by atoms with Gasteiger partial charge in [-0.25, -0.2) is 0 Å². The molecule has 0 radical (unpaired) electrons. The summed E-state index contributed by atoms with van der Waals surface area (Å²) in [6.45, 7) is 2.95. The fourth-order valence-electron chi connectivity index (χ4n) is 3.12. The number of nitrogens with zero attached hydrogens (tertiary/aromatic N) is 1. The van der Waals surface area contributed by atoms with Crippen molar-refractivity contribution in [3.8, 4) is 0 Å². The van der Waals surface area contributed by atoms with Gasteiger partial charge in [0.15, 0.2) is 0 Å². The predicted molar refractivity (Wildman–Crippen MR) is 79.2 cm³/mol. The average molecular weight is 262 g/mol. The van der Waals surface area contributed by atoms with Gasteiger partial charge >= 0.3 is 0 Å². The van der Waals surface area contributed by atoms with Crippen LogP contribution in [0.3, 0.4) is 0 Å². The lowest BCUT2D eigenvalue weighted by atomic mass is 9.95. The maximum absolute atomic E-state index is 6.54. The minimum Gasteiger partial charge on any atom is -0.383 e. The first-order chi connectivity index (χ1) is 9.15. The number of hydrogen-bond acceptors (Lipinski definition) is 3. The highest BCUT2D eigenvalue weighted by Gasteiger charge is 2.29. The molecular formula is C16H26N2O. The van der Waals surface area contributed by atoms with Crippen molar-refractivity contribution in [2.75, 3.05) is 20.8 Å². The van der Waals surface area contributed by atoms with Crippen molar-refractivity contribution in [3.63, 3.8) is 0 Å². The van der Waals surface area contributed by atoms with E-state index in [1.54, 1.807) is 7.11 Å². The normalized spacial score (nSPS) is 24.9. The van der Waals surface area contributed by atoms with Gasteiger partial charge in [-0.2, -0.15) is 0 Å². The molecule has 1 aromatic carbocycles. The second-order valence-electron chi connectivity index (χ2n) is 5.65. The van der Waals surface area contributed by atoms with Crippen LogP contribution in [0.2, 0.25) is 0 Å². The molecule has 0 heterocycles. The van der Waals surface area contributed by atoms with Gasteiger partial charge in [-0.05, 0) is 44.4 Å². The van der Waals surface area contributed by atoms with Gasteiger partial charge in [-0.1, -0.05) is 24.3 Å². The van der Waals surface area contributed by atoms with Gasteiger partial charge in [0.05, 0.1) is 6.61 Å². The van der Waals surface area contributed by atoms with Crippen molar-refractivity contribution in [2.24, 2.45) is 5.73 Å². The molecule has 0 amide bonds. The minimum atomic E-state index is 0.100. The van der Waals surface area contributed by atoms with Crippen LogP contribution in [0.15, 0.2) is 24.3 Å². The van der Waals surface area contributed by atoms with E-state index in [1.165, 1.54) is 17.5 Å². The van der Waals surface area contributed by atoms with Gasteiger partial charge in [-0.3, -0.25) is 4.90 Å². The van der Waals surface area contributed by atoms with E-state index in [0.29, 0.717) is 12.1 Å². The van der Waals surface area contributed by atoms with Crippen molar-refractivity contribution >= 4 is 0 Å². The van der Waals surface area contributed by atoms with Crippen LogP contribution in [-0.4, -0.2) is 37.7 Å². The zero-order chi connectivity index (χ0) is 13.8. The summed E-state index contributed by atoms with van der Waals surface area (Å²) in [6.07, 6.45) is 3.51. The molecule has 0 bridgehead atoms. The molecule has 3 heteroatoms. The standard InChI is InChI=1S/C16H26N2O/c1-12(11-19-3)18(2)15-10-6-8-13-7-4-5-9-14(13)16(15)17/h4-5,7,9,12,15-16H,6,8,10-11,17H2,1-3H3. The molecule has 106 valence electrons. The van der Waals surface area contributed by atoms with E-state index in [4.69, 9.17) is 10.5 Å². The number of hydrogen-bond donors (Lipinski definition) is 1. The fourth-order valence-corrected chi connectivity index (χ4v) is 3.12. The molecule has 0 aliphatic heterocycles. The zero-order valence-electron chi connectivity index (χ0n) is 12.3. The first kappa shape index (κ1) is 14.5. The Bertz CT molecular complexity index is 407. The van der Waals surface area contributed by atoms with Gasteiger partial charge in [0, 0.05) is 25.2 Å². The lowest BCUT2D eigenvalue weighted by Gasteiger charge is -2.36. The molecule has 3 atom stereocenters. The smallest absolute Gasteiger partial charge is 0.0615 e. The van der Waals surface area contributed by atoms with Crippen LogP contribution in [0, 0.1) is 0 Å². The van der Waals surface area contributed by atoms with E-state index in [2.05, 4.69) is 43.1 Å². The minimum absolute atomic E-state index is 0.100. The Balaban J connectivity index is 2.19. The highest BCUT2D eigenvalue weighted by molar-refractivity contribution is 5.32. The fraction of sp³-hybridized carbons (Fsp3) is 0.625. The summed E-state index contributed by atoms with van der Waals surface area (Å²) in [5.74, 6) is 0. The molecule has 0 saturated heterocycles. The van der Waals surface area contributed by atoms with Gasteiger partial charge < -0.3 is 10.5 Å². The Morgan fingerprint density at radius 2 is 2.16 bits per heavy atom. The number of aryl methyl sites for hydroxylation is 1. The molecular weight excluding hydrogens is 236 g/mol. The number of rotatable bonds is 4. The topological polar surface area (TPSA) is 38.5 Å². The first-order valence-electron chi connectivity index (χ1n) is 7.19. The van der Waals surface area contributed by atoms with Crippen LogP contribution in [0.4, 0.5) is 0 Å². The summed E-state index contributed by atoms with van der Waals surface area (Å²) in [7, 11) is 3.93. The summed E-state index contributed by atoms with van der Waals surface area (Å²) in [4.78, 5) is 2.39. The van der Waals surface area contributed by atoms with Crippen LogP contribution in [0.1, 0.15) is 36.9 Å². The molecule has 1 aromatic rings. The van der Waals surface area contributed by atoms with E-state index in [0.717, 1.165) is 19.4 Å². The van der Waals surface area contributed by atoms with Crippen LogP contribution in [0.5, 0.6) is 0 Å². The van der Waals surface area contributed by atoms with E-state index in [1.807, 2.05) is 0 Å². The highest BCUT2D eigenvalue weighted by atomic mass is 16.5. The largest absolute Gasteiger partial charge is 0.383 e. The van der Waals surface area contributed by atoms with E-state index >= 15 is 0 Å². The van der Waals surface area contributed by atoms with Crippen LogP contribution < -0.4 is 5.73 Å². The number of fused-ring (bicyclic) bond motifs is 1. The molecule has 0 spiro atoms. The van der Waals surface area contributed by atoms with Crippen LogP contribution >= 0.6 is 0 Å². The van der Waals surface area contributed by atoms with E-state index < -0.39 is 0 Å². The zero-order valence-corrected chi connectivity index (χ0v) is 12.3. The molecule has 0 aromatic heterocycles.